The molecule has 0 bridgehead atoms. The van der Waals surface area contributed by atoms with Crippen molar-refractivity contribution in [2.45, 2.75) is 29.8 Å². The van der Waals surface area contributed by atoms with Crippen LogP contribution in [0.3, 0.4) is 0 Å². The number of aromatic amines is 1. The first-order valence-corrected chi connectivity index (χ1v) is 10.3. The fraction of sp³-hybridized carbons (Fsp3) is 0.125. The van der Waals surface area contributed by atoms with E-state index in [4.69, 9.17) is 0 Å². The van der Waals surface area contributed by atoms with Crippen LogP contribution in [0.4, 0.5) is 0 Å². The van der Waals surface area contributed by atoms with Gasteiger partial charge in [0.05, 0.1) is 4.90 Å². The maximum absolute atomic E-state index is 11.8. The van der Waals surface area contributed by atoms with E-state index in [9.17, 15) is 9.90 Å². The number of carbonyl (C=O) groups is 1. The maximum atomic E-state index is 11.8. The van der Waals surface area contributed by atoms with E-state index in [-0.39, 0.29) is 5.69 Å². The van der Waals surface area contributed by atoms with Crippen molar-refractivity contribution in [1.82, 2.24) is 10.3 Å². The van der Waals surface area contributed by atoms with Gasteiger partial charge in [-0.15, -0.1) is 0 Å². The molecule has 4 aromatic rings. The minimum Gasteiger partial charge on any atom is -0.477 e. The summed E-state index contributed by atoms with van der Waals surface area (Å²) < 4.78 is 0. The van der Waals surface area contributed by atoms with E-state index in [1.807, 2.05) is 42.5 Å². The highest BCUT2D eigenvalue weighted by Crippen LogP contribution is 2.37. The fourth-order valence-electron chi connectivity index (χ4n) is 3.25. The summed E-state index contributed by atoms with van der Waals surface area (Å²) in [7, 11) is 0. The van der Waals surface area contributed by atoms with Gasteiger partial charge in [-0.05, 0) is 36.2 Å². The monoisotopic (exact) mass is 402 g/mol. The molecule has 29 heavy (non-hydrogen) atoms. The molecule has 0 radical (unpaired) electrons. The van der Waals surface area contributed by atoms with Gasteiger partial charge in [0.15, 0.2) is 0 Å². The van der Waals surface area contributed by atoms with Crippen LogP contribution in [0.15, 0.2) is 82.6 Å². The molecule has 5 heteroatoms. The van der Waals surface area contributed by atoms with Crippen molar-refractivity contribution >= 4 is 28.6 Å². The summed E-state index contributed by atoms with van der Waals surface area (Å²) in [6.45, 7) is 3.59. The number of nitrogens with one attached hydrogen (secondary N) is 2. The molecule has 1 aromatic heterocycles. The smallest absolute Gasteiger partial charge is 0.353 e. The lowest BCUT2D eigenvalue weighted by Crippen LogP contribution is -2.12. The van der Waals surface area contributed by atoms with Crippen LogP contribution >= 0.6 is 11.8 Å². The van der Waals surface area contributed by atoms with Crippen LogP contribution in [0, 0.1) is 6.92 Å². The highest BCUT2D eigenvalue weighted by molar-refractivity contribution is 7.99. The van der Waals surface area contributed by atoms with Gasteiger partial charge in [0.1, 0.15) is 5.69 Å². The summed E-state index contributed by atoms with van der Waals surface area (Å²) in [5.41, 5.74) is 4.68. The van der Waals surface area contributed by atoms with Gasteiger partial charge in [0.2, 0.25) is 0 Å². The number of carboxylic acids is 1. The summed E-state index contributed by atoms with van der Waals surface area (Å²) in [5, 5.41) is 14.0. The first-order chi connectivity index (χ1) is 14.1. The van der Waals surface area contributed by atoms with Crippen LogP contribution in [0.5, 0.6) is 0 Å². The van der Waals surface area contributed by atoms with E-state index in [0.29, 0.717) is 6.54 Å². The van der Waals surface area contributed by atoms with Crippen molar-refractivity contribution in [3.05, 3.63) is 95.2 Å². The minimum absolute atomic E-state index is 0.235. The van der Waals surface area contributed by atoms with Gasteiger partial charge in [0, 0.05) is 28.9 Å². The van der Waals surface area contributed by atoms with Crippen LogP contribution in [0.1, 0.15) is 27.2 Å². The van der Waals surface area contributed by atoms with Crippen molar-refractivity contribution in [3.63, 3.8) is 0 Å². The van der Waals surface area contributed by atoms with E-state index in [2.05, 4.69) is 47.6 Å². The Labute approximate surface area is 174 Å². The van der Waals surface area contributed by atoms with Crippen molar-refractivity contribution in [2.75, 3.05) is 0 Å². The first kappa shape index (κ1) is 19.3. The zero-order valence-corrected chi connectivity index (χ0v) is 16.9. The lowest BCUT2D eigenvalue weighted by molar-refractivity contribution is 0.0688. The van der Waals surface area contributed by atoms with Crippen LogP contribution < -0.4 is 5.32 Å². The maximum Gasteiger partial charge on any atom is 0.353 e. The number of rotatable bonds is 7. The van der Waals surface area contributed by atoms with E-state index >= 15 is 0 Å². The number of aromatic carboxylic acids is 1. The Morgan fingerprint density at radius 3 is 2.38 bits per heavy atom. The van der Waals surface area contributed by atoms with Crippen molar-refractivity contribution in [3.8, 4) is 0 Å². The Balaban J connectivity index is 1.54. The molecule has 0 aliphatic rings. The quantitative estimate of drug-likeness (QED) is 0.376. The first-order valence-electron chi connectivity index (χ1n) is 9.47. The number of aromatic nitrogens is 1. The van der Waals surface area contributed by atoms with Crippen molar-refractivity contribution in [1.29, 1.82) is 0 Å². The summed E-state index contributed by atoms with van der Waals surface area (Å²) in [4.78, 5) is 16.6. The number of hydrogen-bond donors (Lipinski definition) is 3. The second-order valence-electron chi connectivity index (χ2n) is 7.02. The molecule has 4 rings (SSSR count). The normalized spacial score (nSPS) is 11.1. The van der Waals surface area contributed by atoms with Crippen LogP contribution in [-0.4, -0.2) is 16.1 Å². The van der Waals surface area contributed by atoms with Gasteiger partial charge in [-0.3, -0.25) is 0 Å². The second-order valence-corrected chi connectivity index (χ2v) is 8.10. The minimum atomic E-state index is -0.946. The molecule has 0 unspecified atom stereocenters. The molecular formula is C24H22N2O2S. The number of aryl methyl sites for hydroxylation is 1. The Kier molecular flexibility index (Phi) is 5.69. The molecule has 3 N–H and O–H groups in total. The molecule has 0 saturated carbocycles. The third-order valence-corrected chi connectivity index (χ3v) is 5.91. The summed E-state index contributed by atoms with van der Waals surface area (Å²) in [6.07, 6.45) is 0. The van der Waals surface area contributed by atoms with E-state index in [1.54, 1.807) is 0 Å². The lowest BCUT2D eigenvalue weighted by atomic mass is 10.1. The number of fused-ring (bicyclic) bond motifs is 1. The van der Waals surface area contributed by atoms with Crippen LogP contribution in [0.2, 0.25) is 0 Å². The van der Waals surface area contributed by atoms with E-state index < -0.39 is 5.97 Å². The molecule has 0 fully saturated rings. The molecule has 146 valence electrons. The molecule has 0 aliphatic heterocycles. The number of H-pyrrole nitrogens is 1. The zero-order chi connectivity index (χ0) is 20.2. The highest BCUT2D eigenvalue weighted by atomic mass is 32.2. The van der Waals surface area contributed by atoms with Crippen molar-refractivity contribution in [2.24, 2.45) is 0 Å². The molecule has 4 nitrogen and oxygen atoms in total. The summed E-state index contributed by atoms with van der Waals surface area (Å²) in [5.74, 6) is -0.946. The second kappa shape index (κ2) is 8.55. The summed E-state index contributed by atoms with van der Waals surface area (Å²) >= 11 is 1.47. The molecular weight excluding hydrogens is 380 g/mol. The van der Waals surface area contributed by atoms with Gasteiger partial charge < -0.3 is 15.4 Å². The van der Waals surface area contributed by atoms with Crippen LogP contribution in [-0.2, 0) is 13.1 Å². The van der Waals surface area contributed by atoms with Crippen LogP contribution in [0.25, 0.3) is 10.9 Å². The Morgan fingerprint density at radius 2 is 1.66 bits per heavy atom. The average Bonchev–Trinajstić information content (AvgIpc) is 3.08. The number of hydrogen-bond acceptors (Lipinski definition) is 3. The van der Waals surface area contributed by atoms with E-state index in [1.165, 1.54) is 22.9 Å². The standard InChI is InChI=1S/C24H22N2O2S/c1-16-7-9-17(10-8-16)14-25-15-18-11-12-20-21(13-18)26-22(24(27)28)23(20)29-19-5-3-2-4-6-19/h2-13,25-26H,14-15H2,1H3,(H,27,28). The topological polar surface area (TPSA) is 65.1 Å². The largest absolute Gasteiger partial charge is 0.477 e. The van der Waals surface area contributed by atoms with E-state index in [0.717, 1.165) is 32.8 Å². The number of carboxylic acid groups (broad SMARTS) is 1. The third-order valence-electron chi connectivity index (χ3n) is 4.77. The van der Waals surface area contributed by atoms with Crippen molar-refractivity contribution < 1.29 is 9.90 Å². The SMILES string of the molecule is Cc1ccc(CNCc2ccc3c(Sc4ccccc4)c(C(=O)O)[nH]c3c2)cc1. The lowest BCUT2D eigenvalue weighted by Gasteiger charge is -2.06. The molecule has 0 saturated heterocycles. The number of benzene rings is 3. The molecule has 0 atom stereocenters. The predicted octanol–water partition coefficient (Wildman–Crippen LogP) is 5.62. The zero-order valence-electron chi connectivity index (χ0n) is 16.1. The van der Waals surface area contributed by atoms with Gasteiger partial charge >= 0.3 is 5.97 Å². The highest BCUT2D eigenvalue weighted by Gasteiger charge is 2.18. The molecule has 0 amide bonds. The molecule has 3 aromatic carbocycles. The molecule has 0 spiro atoms. The van der Waals surface area contributed by atoms with Gasteiger partial charge in [-0.1, -0.05) is 71.9 Å². The molecule has 0 aliphatic carbocycles. The fourth-order valence-corrected chi connectivity index (χ4v) is 4.31. The molecule has 1 heterocycles. The third kappa shape index (κ3) is 4.53. The van der Waals surface area contributed by atoms with Gasteiger partial charge in [-0.25, -0.2) is 4.79 Å². The Bertz CT molecular complexity index is 1130. The van der Waals surface area contributed by atoms with Gasteiger partial charge in [-0.2, -0.15) is 0 Å². The summed E-state index contributed by atoms with van der Waals surface area (Å²) in [6, 6.07) is 24.4. The predicted molar refractivity (Wildman–Crippen MR) is 118 cm³/mol. The Morgan fingerprint density at radius 1 is 0.966 bits per heavy atom. The van der Waals surface area contributed by atoms with Gasteiger partial charge in [0.25, 0.3) is 0 Å². The average molecular weight is 403 g/mol. The Hall–Kier alpha value is -3.02.